The van der Waals surface area contributed by atoms with E-state index < -0.39 is 0 Å². The molecule has 6 nitrogen and oxygen atoms in total. The standard InChI is InChI=1S/C32H34N2O4/c1-5-16-34-17-15-32-24-10-11-25(33(4)29(36)14-9-22-8-6-7-20(2)18-22)31(32)38-28-13-12-27(37-21(3)35)23(30(28)32)19-26(24)34/h5-8,12-13,18,24-26,31H,1,10-11,15-17,19H2,2-4H3/t24-,25-,26+,31-,32-/m0/s1. The fourth-order valence-electron chi connectivity index (χ4n) is 7.72. The smallest absolute Gasteiger partial charge is 0.308 e. The lowest BCUT2D eigenvalue weighted by molar-refractivity contribution is -0.134. The quantitative estimate of drug-likeness (QED) is 0.269. The minimum Gasteiger partial charge on any atom is -0.487 e. The fraction of sp³-hybridized carbons (Fsp3) is 0.438. The summed E-state index contributed by atoms with van der Waals surface area (Å²) >= 11 is 0. The van der Waals surface area contributed by atoms with Crippen LogP contribution in [0.5, 0.6) is 11.5 Å². The van der Waals surface area contributed by atoms with Gasteiger partial charge in [-0.2, -0.15) is 0 Å². The third kappa shape index (κ3) is 3.75. The summed E-state index contributed by atoms with van der Waals surface area (Å²) < 4.78 is 12.5. The number of esters is 1. The molecule has 1 amide bonds. The molecule has 2 aromatic rings. The van der Waals surface area contributed by atoms with E-state index in [9.17, 15) is 9.59 Å². The third-order valence-corrected chi connectivity index (χ3v) is 9.17. The molecule has 196 valence electrons. The maximum Gasteiger partial charge on any atom is 0.308 e. The molecule has 2 fully saturated rings. The van der Waals surface area contributed by atoms with E-state index in [2.05, 4.69) is 23.3 Å². The Balaban J connectivity index is 1.38. The van der Waals surface area contributed by atoms with Crippen LogP contribution in [-0.2, 0) is 21.4 Å². The topological polar surface area (TPSA) is 59.1 Å². The minimum absolute atomic E-state index is 0.0901. The maximum absolute atomic E-state index is 13.3. The highest BCUT2D eigenvalue weighted by Gasteiger charge is 2.66. The van der Waals surface area contributed by atoms with E-state index in [1.807, 2.05) is 56.4 Å². The number of carbonyl (C=O) groups is 2. The maximum atomic E-state index is 13.3. The zero-order valence-corrected chi connectivity index (χ0v) is 22.3. The van der Waals surface area contributed by atoms with Gasteiger partial charge >= 0.3 is 5.97 Å². The molecular weight excluding hydrogens is 476 g/mol. The van der Waals surface area contributed by atoms with E-state index in [0.29, 0.717) is 17.7 Å². The summed E-state index contributed by atoms with van der Waals surface area (Å²) in [7, 11) is 1.86. The van der Waals surface area contributed by atoms with E-state index in [0.717, 1.165) is 61.2 Å². The highest BCUT2D eigenvalue weighted by atomic mass is 16.5. The van der Waals surface area contributed by atoms with Gasteiger partial charge in [0.1, 0.15) is 17.6 Å². The molecular formula is C32H34N2O4. The minimum atomic E-state index is -0.316. The number of amides is 1. The number of piperidine rings is 1. The number of hydrogen-bond donors (Lipinski definition) is 0. The Morgan fingerprint density at radius 2 is 2.13 bits per heavy atom. The molecule has 5 atom stereocenters. The Morgan fingerprint density at radius 1 is 1.29 bits per heavy atom. The number of ether oxygens (including phenoxy) is 2. The summed E-state index contributed by atoms with van der Waals surface area (Å²) in [5.74, 6) is 7.33. The molecule has 6 heteroatoms. The third-order valence-electron chi connectivity index (χ3n) is 9.17. The van der Waals surface area contributed by atoms with Gasteiger partial charge in [-0.3, -0.25) is 14.5 Å². The Labute approximate surface area is 224 Å². The molecule has 2 aliphatic heterocycles. The Morgan fingerprint density at radius 3 is 2.89 bits per heavy atom. The van der Waals surface area contributed by atoms with Crippen LogP contribution in [0.3, 0.4) is 0 Å². The van der Waals surface area contributed by atoms with Gasteiger partial charge in [-0.1, -0.05) is 24.1 Å². The van der Waals surface area contributed by atoms with Crippen LogP contribution in [0.25, 0.3) is 0 Å². The summed E-state index contributed by atoms with van der Waals surface area (Å²) in [6.07, 6.45) is 5.44. The second-order valence-corrected chi connectivity index (χ2v) is 11.2. The Kier molecular flexibility index (Phi) is 6.07. The molecule has 0 unspecified atom stereocenters. The molecule has 2 aromatic carbocycles. The first kappa shape index (κ1) is 24.8. The molecule has 0 aromatic heterocycles. The number of likely N-dealkylation sites (tertiary alicyclic amines) is 1. The zero-order valence-electron chi connectivity index (χ0n) is 22.3. The van der Waals surface area contributed by atoms with Gasteiger partial charge in [-0.25, -0.2) is 0 Å². The van der Waals surface area contributed by atoms with Crippen molar-refractivity contribution in [3.63, 3.8) is 0 Å². The normalized spacial score (nSPS) is 28.3. The number of rotatable bonds is 4. The van der Waals surface area contributed by atoms with E-state index >= 15 is 0 Å². The number of carbonyl (C=O) groups excluding carboxylic acids is 2. The lowest BCUT2D eigenvalue weighted by Gasteiger charge is -2.60. The van der Waals surface area contributed by atoms with Crippen LogP contribution >= 0.6 is 0 Å². The van der Waals surface area contributed by atoms with Crippen LogP contribution in [-0.4, -0.2) is 60.0 Å². The summed E-state index contributed by atoms with van der Waals surface area (Å²) in [6, 6.07) is 11.9. The summed E-state index contributed by atoms with van der Waals surface area (Å²) in [4.78, 5) is 29.6. The lowest BCUT2D eigenvalue weighted by Crippen LogP contribution is -2.68. The highest BCUT2D eigenvalue weighted by molar-refractivity contribution is 5.94. The molecule has 1 saturated heterocycles. The molecule has 0 radical (unpaired) electrons. The molecule has 1 spiro atoms. The van der Waals surface area contributed by atoms with Crippen LogP contribution < -0.4 is 9.47 Å². The van der Waals surface area contributed by atoms with Gasteiger partial charge < -0.3 is 14.4 Å². The van der Waals surface area contributed by atoms with Crippen molar-refractivity contribution in [2.24, 2.45) is 5.92 Å². The van der Waals surface area contributed by atoms with Gasteiger partial charge in [0, 0.05) is 54.6 Å². The number of benzene rings is 2. The van der Waals surface area contributed by atoms with Gasteiger partial charge in [0.05, 0.1) is 6.04 Å². The monoisotopic (exact) mass is 510 g/mol. The molecule has 2 bridgehead atoms. The summed E-state index contributed by atoms with van der Waals surface area (Å²) in [5, 5.41) is 0. The molecule has 38 heavy (non-hydrogen) atoms. The van der Waals surface area contributed by atoms with Crippen LogP contribution in [0.2, 0.25) is 0 Å². The summed E-state index contributed by atoms with van der Waals surface area (Å²) in [6.45, 7) is 9.24. The van der Waals surface area contributed by atoms with Crippen molar-refractivity contribution in [1.29, 1.82) is 0 Å². The molecule has 6 rings (SSSR count). The average Bonchev–Trinajstić information content (AvgIpc) is 3.23. The van der Waals surface area contributed by atoms with Gasteiger partial charge in [-0.05, 0) is 74.9 Å². The van der Waals surface area contributed by atoms with Crippen molar-refractivity contribution in [2.45, 2.75) is 63.1 Å². The second kappa shape index (κ2) is 9.32. The van der Waals surface area contributed by atoms with Gasteiger partial charge in [0.15, 0.2) is 0 Å². The predicted octanol–water partition coefficient (Wildman–Crippen LogP) is 4.02. The second-order valence-electron chi connectivity index (χ2n) is 11.2. The molecule has 4 aliphatic rings. The van der Waals surface area contributed by atoms with E-state index in [4.69, 9.17) is 9.47 Å². The molecule has 2 aliphatic carbocycles. The molecule has 1 saturated carbocycles. The zero-order chi connectivity index (χ0) is 26.6. The lowest BCUT2D eigenvalue weighted by atomic mass is 9.51. The van der Waals surface area contributed by atoms with Gasteiger partial charge in [-0.15, -0.1) is 6.58 Å². The Bertz CT molecular complexity index is 1390. The fourth-order valence-corrected chi connectivity index (χ4v) is 7.72. The number of aryl methyl sites for hydroxylation is 1. The van der Waals surface area contributed by atoms with Crippen molar-refractivity contribution in [3.05, 3.63) is 71.3 Å². The first-order chi connectivity index (χ1) is 18.3. The van der Waals surface area contributed by atoms with Crippen molar-refractivity contribution >= 4 is 11.9 Å². The van der Waals surface area contributed by atoms with Gasteiger partial charge in [0.25, 0.3) is 5.91 Å². The number of nitrogens with zero attached hydrogens (tertiary/aromatic N) is 2. The van der Waals surface area contributed by atoms with E-state index in [-0.39, 0.29) is 29.4 Å². The van der Waals surface area contributed by atoms with Gasteiger partial charge in [0.2, 0.25) is 0 Å². The molecule has 0 N–H and O–H groups in total. The van der Waals surface area contributed by atoms with Crippen molar-refractivity contribution in [3.8, 4) is 23.3 Å². The SMILES string of the molecule is C=CCN1CC[C@@]23c4c5ccc(OC(C)=O)c4C[C@@H]1[C@@H]2CC[C@H](N(C)C(=O)C#Cc1cccc(C)c1)[C@@H]3O5. The van der Waals surface area contributed by atoms with Crippen LogP contribution in [0, 0.1) is 24.7 Å². The largest absolute Gasteiger partial charge is 0.487 e. The van der Waals surface area contributed by atoms with Crippen LogP contribution in [0.4, 0.5) is 0 Å². The van der Waals surface area contributed by atoms with Crippen LogP contribution in [0.15, 0.2) is 49.1 Å². The van der Waals surface area contributed by atoms with Crippen LogP contribution in [0.1, 0.15) is 48.4 Å². The highest BCUT2D eigenvalue weighted by Crippen LogP contribution is 2.63. The predicted molar refractivity (Wildman–Crippen MR) is 145 cm³/mol. The van der Waals surface area contributed by atoms with Crippen molar-refractivity contribution < 1.29 is 19.1 Å². The van der Waals surface area contributed by atoms with E-state index in [1.165, 1.54) is 12.5 Å². The average molecular weight is 511 g/mol. The molecule has 2 heterocycles. The number of likely N-dealkylation sites (N-methyl/N-ethyl adjacent to an activating group) is 1. The van der Waals surface area contributed by atoms with Crippen molar-refractivity contribution in [2.75, 3.05) is 20.1 Å². The first-order valence-corrected chi connectivity index (χ1v) is 13.6. The summed E-state index contributed by atoms with van der Waals surface area (Å²) in [5.41, 5.74) is 4.03. The number of hydrogen-bond acceptors (Lipinski definition) is 5. The first-order valence-electron chi connectivity index (χ1n) is 13.6. The Hall–Kier alpha value is -3.56. The van der Waals surface area contributed by atoms with Crippen molar-refractivity contribution in [1.82, 2.24) is 9.80 Å². The van der Waals surface area contributed by atoms with E-state index in [1.54, 1.807) is 4.90 Å².